The van der Waals surface area contributed by atoms with Crippen LogP contribution in [0.25, 0.3) is 0 Å². The molecule has 68 valence electrons. The Morgan fingerprint density at radius 2 is 2.25 bits per heavy atom. The van der Waals surface area contributed by atoms with Crippen LogP contribution in [0.3, 0.4) is 0 Å². The van der Waals surface area contributed by atoms with Crippen LogP contribution >= 0.6 is 0 Å². The van der Waals surface area contributed by atoms with Crippen LogP contribution in [-0.4, -0.2) is 21.7 Å². The molecule has 0 saturated carbocycles. The molecular weight excluding hydrogens is 152 g/mol. The molecule has 3 N–H and O–H groups in total. The van der Waals surface area contributed by atoms with Gasteiger partial charge in [-0.1, -0.05) is 13.8 Å². The summed E-state index contributed by atoms with van der Waals surface area (Å²) in [6.07, 6.45) is 1.71. The Bertz CT molecular complexity index is 229. The molecule has 4 heteroatoms. The third-order valence-electron chi connectivity index (χ3n) is 1.55. The van der Waals surface area contributed by atoms with Gasteiger partial charge in [0.15, 0.2) is 5.82 Å². The lowest BCUT2D eigenvalue weighted by Crippen LogP contribution is -2.04. The summed E-state index contributed by atoms with van der Waals surface area (Å²) in [5.41, 5.74) is 5.38. The van der Waals surface area contributed by atoms with Gasteiger partial charge >= 0.3 is 0 Å². The molecule has 0 atom stereocenters. The van der Waals surface area contributed by atoms with E-state index in [9.17, 15) is 0 Å². The molecule has 1 aromatic heterocycles. The number of hydrogen-bond donors (Lipinski definition) is 2. The molecule has 0 unspecified atom stereocenters. The Morgan fingerprint density at radius 1 is 1.50 bits per heavy atom. The first kappa shape index (κ1) is 9.19. The van der Waals surface area contributed by atoms with Gasteiger partial charge in [-0.05, 0) is 12.5 Å². The van der Waals surface area contributed by atoms with Crippen LogP contribution in [0.15, 0.2) is 0 Å². The van der Waals surface area contributed by atoms with Gasteiger partial charge in [-0.25, -0.2) is 4.98 Å². The van der Waals surface area contributed by atoms with E-state index in [4.69, 9.17) is 5.73 Å². The molecule has 0 spiro atoms. The first-order valence-electron chi connectivity index (χ1n) is 4.32. The predicted molar refractivity (Wildman–Crippen MR) is 47.7 cm³/mol. The van der Waals surface area contributed by atoms with Crippen molar-refractivity contribution in [2.24, 2.45) is 11.7 Å². The molecule has 0 aliphatic heterocycles. The molecule has 0 fully saturated rings. The third-order valence-corrected chi connectivity index (χ3v) is 1.55. The van der Waals surface area contributed by atoms with Gasteiger partial charge in [-0.15, -0.1) is 0 Å². The number of hydrogen-bond acceptors (Lipinski definition) is 3. The second-order valence-electron chi connectivity index (χ2n) is 3.33. The summed E-state index contributed by atoms with van der Waals surface area (Å²) in [7, 11) is 0. The highest BCUT2D eigenvalue weighted by Crippen LogP contribution is 2.02. The van der Waals surface area contributed by atoms with Gasteiger partial charge in [0.05, 0.1) is 0 Å². The zero-order valence-corrected chi connectivity index (χ0v) is 7.67. The van der Waals surface area contributed by atoms with Crippen molar-refractivity contribution in [1.29, 1.82) is 0 Å². The van der Waals surface area contributed by atoms with Crippen molar-refractivity contribution in [1.82, 2.24) is 15.2 Å². The number of aromatic amines is 1. The maximum Gasteiger partial charge on any atom is 0.151 e. The highest BCUT2D eigenvalue weighted by molar-refractivity contribution is 4.91. The number of nitrogens with one attached hydrogen (secondary N) is 1. The Kier molecular flexibility index (Phi) is 3.22. The largest absolute Gasteiger partial charge is 0.330 e. The number of rotatable bonds is 4. The molecule has 0 saturated heterocycles. The lowest BCUT2D eigenvalue weighted by molar-refractivity contribution is 0.622. The molecule has 4 nitrogen and oxygen atoms in total. The SMILES string of the molecule is CC(C)Cc1nc(CCN)n[nH]1. The summed E-state index contributed by atoms with van der Waals surface area (Å²) in [5.74, 6) is 2.41. The lowest BCUT2D eigenvalue weighted by atomic mass is 10.1. The van der Waals surface area contributed by atoms with E-state index in [-0.39, 0.29) is 0 Å². The van der Waals surface area contributed by atoms with Crippen LogP contribution in [0.1, 0.15) is 25.5 Å². The zero-order chi connectivity index (χ0) is 8.97. The van der Waals surface area contributed by atoms with Crippen LogP contribution in [0.4, 0.5) is 0 Å². The standard InChI is InChI=1S/C8H16N4/c1-6(2)5-8-10-7(3-4-9)11-12-8/h6H,3-5,9H2,1-2H3,(H,10,11,12). The first-order valence-corrected chi connectivity index (χ1v) is 4.32. The van der Waals surface area contributed by atoms with Gasteiger partial charge in [0.2, 0.25) is 0 Å². The van der Waals surface area contributed by atoms with E-state index < -0.39 is 0 Å². The van der Waals surface area contributed by atoms with Crippen LogP contribution in [0.5, 0.6) is 0 Å². The lowest BCUT2D eigenvalue weighted by Gasteiger charge is -1.97. The molecule has 0 aliphatic rings. The number of nitrogens with two attached hydrogens (primary N) is 1. The number of H-pyrrole nitrogens is 1. The van der Waals surface area contributed by atoms with E-state index in [0.717, 1.165) is 24.5 Å². The summed E-state index contributed by atoms with van der Waals surface area (Å²) >= 11 is 0. The minimum absolute atomic E-state index is 0.610. The molecule has 0 amide bonds. The molecular formula is C8H16N4. The number of aromatic nitrogens is 3. The van der Waals surface area contributed by atoms with Crippen LogP contribution < -0.4 is 5.73 Å². The van der Waals surface area contributed by atoms with E-state index in [1.807, 2.05) is 0 Å². The molecule has 0 radical (unpaired) electrons. The monoisotopic (exact) mass is 168 g/mol. The van der Waals surface area contributed by atoms with Crippen molar-refractivity contribution in [3.8, 4) is 0 Å². The van der Waals surface area contributed by atoms with Gasteiger partial charge in [0.25, 0.3) is 0 Å². The summed E-state index contributed by atoms with van der Waals surface area (Å²) < 4.78 is 0. The summed E-state index contributed by atoms with van der Waals surface area (Å²) in [6, 6.07) is 0. The summed E-state index contributed by atoms with van der Waals surface area (Å²) in [6.45, 7) is 4.93. The normalized spacial score (nSPS) is 11.0. The van der Waals surface area contributed by atoms with Crippen molar-refractivity contribution < 1.29 is 0 Å². The quantitative estimate of drug-likeness (QED) is 0.688. The van der Waals surface area contributed by atoms with Crippen molar-refractivity contribution in [3.05, 3.63) is 11.6 Å². The Balaban J connectivity index is 2.52. The van der Waals surface area contributed by atoms with E-state index in [2.05, 4.69) is 29.0 Å². The second-order valence-corrected chi connectivity index (χ2v) is 3.33. The van der Waals surface area contributed by atoms with Crippen molar-refractivity contribution in [2.75, 3.05) is 6.54 Å². The Labute approximate surface area is 72.6 Å². The van der Waals surface area contributed by atoms with Crippen LogP contribution in [0, 0.1) is 5.92 Å². The fourth-order valence-corrected chi connectivity index (χ4v) is 1.05. The minimum Gasteiger partial charge on any atom is -0.330 e. The van der Waals surface area contributed by atoms with Gasteiger partial charge in [-0.2, -0.15) is 5.10 Å². The van der Waals surface area contributed by atoms with Gasteiger partial charge in [0.1, 0.15) is 5.82 Å². The van der Waals surface area contributed by atoms with Crippen molar-refractivity contribution in [2.45, 2.75) is 26.7 Å². The molecule has 0 aromatic carbocycles. The third kappa shape index (κ3) is 2.62. The minimum atomic E-state index is 0.610. The maximum absolute atomic E-state index is 5.38. The van der Waals surface area contributed by atoms with E-state index in [0.29, 0.717) is 12.5 Å². The molecule has 0 aliphatic carbocycles. The van der Waals surface area contributed by atoms with Gasteiger partial charge in [-0.3, -0.25) is 5.10 Å². The molecule has 12 heavy (non-hydrogen) atoms. The zero-order valence-electron chi connectivity index (χ0n) is 7.67. The maximum atomic E-state index is 5.38. The van der Waals surface area contributed by atoms with E-state index in [1.54, 1.807) is 0 Å². The summed E-state index contributed by atoms with van der Waals surface area (Å²) in [4.78, 5) is 4.29. The Morgan fingerprint density at radius 3 is 2.83 bits per heavy atom. The van der Waals surface area contributed by atoms with E-state index in [1.165, 1.54) is 0 Å². The second kappa shape index (κ2) is 4.21. The fraction of sp³-hybridized carbons (Fsp3) is 0.750. The molecule has 0 bridgehead atoms. The van der Waals surface area contributed by atoms with Crippen molar-refractivity contribution in [3.63, 3.8) is 0 Å². The van der Waals surface area contributed by atoms with E-state index >= 15 is 0 Å². The Hall–Kier alpha value is -0.900. The van der Waals surface area contributed by atoms with Crippen molar-refractivity contribution >= 4 is 0 Å². The highest BCUT2D eigenvalue weighted by Gasteiger charge is 2.03. The van der Waals surface area contributed by atoms with Crippen LogP contribution in [-0.2, 0) is 12.8 Å². The molecule has 1 rings (SSSR count). The average molecular weight is 168 g/mol. The van der Waals surface area contributed by atoms with Gasteiger partial charge in [0, 0.05) is 12.8 Å². The molecule has 1 aromatic rings. The highest BCUT2D eigenvalue weighted by atomic mass is 15.2. The fourth-order valence-electron chi connectivity index (χ4n) is 1.05. The topological polar surface area (TPSA) is 67.6 Å². The summed E-state index contributed by atoms with van der Waals surface area (Å²) in [5, 5.41) is 6.95. The molecule has 1 heterocycles. The smallest absolute Gasteiger partial charge is 0.151 e. The van der Waals surface area contributed by atoms with Crippen LogP contribution in [0.2, 0.25) is 0 Å². The number of nitrogens with zero attached hydrogens (tertiary/aromatic N) is 2. The van der Waals surface area contributed by atoms with Gasteiger partial charge < -0.3 is 5.73 Å². The predicted octanol–water partition coefficient (Wildman–Crippen LogP) is 0.504. The average Bonchev–Trinajstić information content (AvgIpc) is 2.36. The first-order chi connectivity index (χ1) is 5.72.